The van der Waals surface area contributed by atoms with Crippen LogP contribution in [0, 0.1) is 0 Å². The monoisotopic (exact) mass is 475 g/mol. The van der Waals surface area contributed by atoms with Gasteiger partial charge in [0.25, 0.3) is 21.8 Å². The van der Waals surface area contributed by atoms with Gasteiger partial charge in [-0.05, 0) is 69.3 Å². The molecule has 2 aromatic carbocycles. The highest BCUT2D eigenvalue weighted by atomic mass is 35.5. The molecule has 2 amide bonds. The first-order valence-corrected chi connectivity index (χ1v) is 11.4. The fraction of sp³-hybridized carbons (Fsp3) is 0.182. The van der Waals surface area contributed by atoms with Crippen LogP contribution in [0.1, 0.15) is 41.7 Å². The molecule has 168 valence electrons. The molecule has 0 aliphatic heterocycles. The molecular formula is C22H22ClN3O5S. The molecule has 3 aromatic rings. The Balaban J connectivity index is 1.76. The van der Waals surface area contributed by atoms with Gasteiger partial charge in [-0.1, -0.05) is 23.7 Å². The van der Waals surface area contributed by atoms with Crippen LogP contribution in [-0.4, -0.2) is 25.8 Å². The minimum absolute atomic E-state index is 0.196. The highest BCUT2D eigenvalue weighted by Gasteiger charge is 2.26. The maximum absolute atomic E-state index is 12.6. The maximum Gasteiger partial charge on any atom is 0.291 e. The second-order valence-corrected chi connectivity index (χ2v) is 9.98. The summed E-state index contributed by atoms with van der Waals surface area (Å²) in [7, 11) is -3.92. The van der Waals surface area contributed by atoms with E-state index in [0.717, 1.165) is 0 Å². The van der Waals surface area contributed by atoms with E-state index >= 15 is 0 Å². The zero-order chi connectivity index (χ0) is 23.5. The minimum Gasteiger partial charge on any atom is -0.438 e. The summed E-state index contributed by atoms with van der Waals surface area (Å²) >= 11 is 5.85. The number of carbonyl (C=O) groups is 2. The normalized spacial score (nSPS) is 11.8. The van der Waals surface area contributed by atoms with E-state index in [1.807, 2.05) is 0 Å². The molecule has 8 nitrogen and oxygen atoms in total. The summed E-state index contributed by atoms with van der Waals surface area (Å²) in [6.45, 7) is 5.07. The Kier molecular flexibility index (Phi) is 6.73. The number of rotatable bonds is 6. The first-order valence-electron chi connectivity index (χ1n) is 9.56. The third-order valence-electron chi connectivity index (χ3n) is 4.04. The average molecular weight is 476 g/mol. The number of amides is 2. The minimum atomic E-state index is -3.92. The van der Waals surface area contributed by atoms with Crippen LogP contribution >= 0.6 is 11.6 Å². The van der Waals surface area contributed by atoms with Crippen molar-refractivity contribution in [2.24, 2.45) is 0 Å². The Morgan fingerprint density at radius 2 is 1.41 bits per heavy atom. The third-order valence-corrected chi connectivity index (χ3v) is 5.92. The van der Waals surface area contributed by atoms with Gasteiger partial charge in [0, 0.05) is 16.1 Å². The first-order chi connectivity index (χ1) is 14.9. The predicted molar refractivity (Wildman–Crippen MR) is 123 cm³/mol. The Hall–Kier alpha value is -3.14. The van der Waals surface area contributed by atoms with Crippen LogP contribution < -0.4 is 15.4 Å². The molecule has 3 N–H and O–H groups in total. The SMILES string of the molecule is CC(C)(C)NS(=O)(=O)c1ccc(C(=O)Nc2ccccc2NC(=O)c2ccc(Cl)cc2)o1. The summed E-state index contributed by atoms with van der Waals surface area (Å²) in [5.41, 5.74) is 0.348. The lowest BCUT2D eigenvalue weighted by Crippen LogP contribution is -2.40. The van der Waals surface area contributed by atoms with Crippen molar-refractivity contribution in [3.05, 3.63) is 77.0 Å². The predicted octanol–water partition coefficient (Wildman–Crippen LogP) is 4.51. The molecule has 1 aromatic heterocycles. The van der Waals surface area contributed by atoms with Gasteiger partial charge in [-0.2, -0.15) is 0 Å². The zero-order valence-corrected chi connectivity index (χ0v) is 19.2. The summed E-state index contributed by atoms with van der Waals surface area (Å²) in [4.78, 5) is 25.1. The van der Waals surface area contributed by atoms with Gasteiger partial charge in [-0.3, -0.25) is 9.59 Å². The quantitative estimate of drug-likeness (QED) is 0.484. The van der Waals surface area contributed by atoms with Crippen molar-refractivity contribution in [3.8, 4) is 0 Å². The lowest BCUT2D eigenvalue weighted by molar-refractivity contribution is 0.0988. The molecule has 0 aliphatic rings. The van der Waals surface area contributed by atoms with E-state index in [4.69, 9.17) is 16.0 Å². The summed E-state index contributed by atoms with van der Waals surface area (Å²) in [6, 6.07) is 15.4. The largest absolute Gasteiger partial charge is 0.438 e. The van der Waals surface area contributed by atoms with Gasteiger partial charge in [0.1, 0.15) is 0 Å². The molecule has 32 heavy (non-hydrogen) atoms. The number of anilines is 2. The molecule has 0 aliphatic carbocycles. The highest BCUT2D eigenvalue weighted by Crippen LogP contribution is 2.24. The molecular weight excluding hydrogens is 454 g/mol. The van der Waals surface area contributed by atoms with Crippen molar-refractivity contribution in [2.75, 3.05) is 10.6 Å². The summed E-state index contributed by atoms with van der Waals surface area (Å²) < 4.78 is 32.5. The van der Waals surface area contributed by atoms with E-state index in [2.05, 4.69) is 15.4 Å². The van der Waals surface area contributed by atoms with E-state index in [1.165, 1.54) is 12.1 Å². The van der Waals surface area contributed by atoms with Crippen molar-refractivity contribution >= 4 is 44.8 Å². The number of halogens is 1. The van der Waals surface area contributed by atoms with Crippen LogP contribution in [0.4, 0.5) is 11.4 Å². The standard InChI is InChI=1S/C22H22ClN3O5S/c1-22(2,3)26-32(29,30)19-13-12-18(31-19)21(28)25-17-7-5-4-6-16(17)24-20(27)14-8-10-15(23)11-9-14/h4-13,26H,1-3H3,(H,24,27)(H,25,28). The van der Waals surface area contributed by atoms with Crippen molar-refractivity contribution < 1.29 is 22.4 Å². The summed E-state index contributed by atoms with van der Waals surface area (Å²) in [6.07, 6.45) is 0. The molecule has 10 heteroatoms. The lowest BCUT2D eigenvalue weighted by atomic mass is 10.1. The van der Waals surface area contributed by atoms with E-state index in [1.54, 1.807) is 69.3 Å². The Bertz CT molecular complexity index is 1250. The zero-order valence-electron chi connectivity index (χ0n) is 17.6. The first kappa shape index (κ1) is 23.5. The lowest BCUT2D eigenvalue weighted by Gasteiger charge is -2.19. The third kappa shape index (κ3) is 5.97. The molecule has 0 saturated heterocycles. The second-order valence-electron chi connectivity index (χ2n) is 7.93. The van der Waals surface area contributed by atoms with Gasteiger partial charge in [0.2, 0.25) is 5.09 Å². The van der Waals surface area contributed by atoms with Crippen LogP contribution in [0.25, 0.3) is 0 Å². The van der Waals surface area contributed by atoms with Crippen molar-refractivity contribution in [2.45, 2.75) is 31.4 Å². The topological polar surface area (TPSA) is 118 Å². The Labute approximate surface area is 191 Å². The number of benzene rings is 2. The number of para-hydroxylation sites is 2. The summed E-state index contributed by atoms with van der Waals surface area (Å²) in [5, 5.41) is 5.48. The molecule has 0 fully saturated rings. The molecule has 3 rings (SSSR count). The average Bonchev–Trinajstić information content (AvgIpc) is 3.20. The fourth-order valence-corrected chi connectivity index (χ4v) is 4.20. The number of carbonyl (C=O) groups excluding carboxylic acids is 2. The molecule has 0 radical (unpaired) electrons. The van der Waals surface area contributed by atoms with Crippen molar-refractivity contribution in [3.63, 3.8) is 0 Å². The molecule has 0 spiro atoms. The van der Waals surface area contributed by atoms with Gasteiger partial charge in [-0.15, -0.1) is 0 Å². The van der Waals surface area contributed by atoms with E-state index < -0.39 is 21.5 Å². The van der Waals surface area contributed by atoms with Crippen LogP contribution in [0.3, 0.4) is 0 Å². The van der Waals surface area contributed by atoms with E-state index in [-0.39, 0.29) is 16.8 Å². The highest BCUT2D eigenvalue weighted by molar-refractivity contribution is 7.89. The smallest absolute Gasteiger partial charge is 0.291 e. The van der Waals surface area contributed by atoms with Crippen LogP contribution in [0.15, 0.2) is 70.2 Å². The number of hydrogen-bond acceptors (Lipinski definition) is 5. The number of furan rings is 1. The summed E-state index contributed by atoms with van der Waals surface area (Å²) in [5.74, 6) is -1.25. The fourth-order valence-electron chi connectivity index (χ4n) is 2.72. The van der Waals surface area contributed by atoms with Gasteiger partial charge in [0.15, 0.2) is 5.76 Å². The molecule has 1 heterocycles. The van der Waals surface area contributed by atoms with Crippen molar-refractivity contribution in [1.82, 2.24) is 4.72 Å². The van der Waals surface area contributed by atoms with Crippen LogP contribution in [-0.2, 0) is 10.0 Å². The maximum atomic E-state index is 12.6. The second kappa shape index (κ2) is 9.15. The number of nitrogens with one attached hydrogen (secondary N) is 3. The van der Waals surface area contributed by atoms with Gasteiger partial charge >= 0.3 is 0 Å². The Morgan fingerprint density at radius 3 is 1.97 bits per heavy atom. The molecule has 0 saturated carbocycles. The van der Waals surface area contributed by atoms with E-state index in [0.29, 0.717) is 22.0 Å². The van der Waals surface area contributed by atoms with Crippen LogP contribution in [0.2, 0.25) is 5.02 Å². The Morgan fingerprint density at radius 1 is 0.844 bits per heavy atom. The van der Waals surface area contributed by atoms with Crippen molar-refractivity contribution in [1.29, 1.82) is 0 Å². The van der Waals surface area contributed by atoms with E-state index in [9.17, 15) is 18.0 Å². The molecule has 0 unspecified atom stereocenters. The van der Waals surface area contributed by atoms with Gasteiger partial charge in [-0.25, -0.2) is 13.1 Å². The number of sulfonamides is 1. The number of hydrogen-bond donors (Lipinski definition) is 3. The van der Waals surface area contributed by atoms with Gasteiger partial charge < -0.3 is 15.1 Å². The van der Waals surface area contributed by atoms with Crippen LogP contribution in [0.5, 0.6) is 0 Å². The molecule has 0 bridgehead atoms. The molecule has 0 atom stereocenters. The van der Waals surface area contributed by atoms with Gasteiger partial charge in [0.05, 0.1) is 11.4 Å².